The van der Waals surface area contributed by atoms with E-state index in [0.29, 0.717) is 13.2 Å². The van der Waals surface area contributed by atoms with Gasteiger partial charge in [-0.2, -0.15) is 0 Å². The molecule has 0 atom stereocenters. The normalized spacial score (nSPS) is 17.5. The molecule has 0 aromatic heterocycles. The van der Waals surface area contributed by atoms with Crippen LogP contribution in [-0.4, -0.2) is 20.8 Å². The van der Waals surface area contributed by atoms with E-state index < -0.39 is 0 Å². The molecule has 3 heteroatoms. The SMILES string of the molecule is COc1ccc(COCC=C(C)C=CC=C(C)C=CC2=C(C)CCCC2(C)C)cc1OC. The number of allylic oxidation sites excluding steroid dienone is 9. The molecule has 0 fully saturated rings. The average molecular weight is 437 g/mol. The maximum absolute atomic E-state index is 5.79. The first-order chi connectivity index (χ1) is 15.3. The lowest BCUT2D eigenvalue weighted by Gasteiger charge is -2.32. The Hall–Kier alpha value is -2.52. The lowest BCUT2D eigenvalue weighted by molar-refractivity contribution is 0.148. The topological polar surface area (TPSA) is 27.7 Å². The Kier molecular flexibility index (Phi) is 10.1. The number of hydrogen-bond donors (Lipinski definition) is 0. The lowest BCUT2D eigenvalue weighted by Crippen LogP contribution is -2.19. The van der Waals surface area contributed by atoms with E-state index in [1.165, 1.54) is 41.6 Å². The predicted octanol–water partition coefficient (Wildman–Crippen LogP) is 7.75. The molecule has 0 saturated heterocycles. The molecule has 32 heavy (non-hydrogen) atoms. The Bertz CT molecular complexity index is 910. The van der Waals surface area contributed by atoms with E-state index in [1.807, 2.05) is 18.2 Å². The Labute approximate surface area is 195 Å². The van der Waals surface area contributed by atoms with Crippen LogP contribution in [0.5, 0.6) is 11.5 Å². The van der Waals surface area contributed by atoms with Crippen LogP contribution < -0.4 is 9.47 Å². The van der Waals surface area contributed by atoms with E-state index in [4.69, 9.17) is 14.2 Å². The summed E-state index contributed by atoms with van der Waals surface area (Å²) in [5, 5.41) is 0. The van der Waals surface area contributed by atoms with Crippen LogP contribution in [0.1, 0.15) is 59.4 Å². The summed E-state index contributed by atoms with van der Waals surface area (Å²) in [5.74, 6) is 1.45. The summed E-state index contributed by atoms with van der Waals surface area (Å²) in [7, 11) is 3.28. The van der Waals surface area contributed by atoms with E-state index in [9.17, 15) is 0 Å². The summed E-state index contributed by atoms with van der Waals surface area (Å²) < 4.78 is 16.4. The Morgan fingerprint density at radius 1 is 1.03 bits per heavy atom. The number of rotatable bonds is 10. The van der Waals surface area contributed by atoms with Gasteiger partial charge in [0.15, 0.2) is 11.5 Å². The highest BCUT2D eigenvalue weighted by Gasteiger charge is 2.26. The zero-order valence-electron chi connectivity index (χ0n) is 21.0. The van der Waals surface area contributed by atoms with Gasteiger partial charge in [-0.25, -0.2) is 0 Å². The first kappa shape index (κ1) is 25.7. The Morgan fingerprint density at radius 2 is 1.78 bits per heavy atom. The third kappa shape index (κ3) is 7.87. The van der Waals surface area contributed by atoms with Gasteiger partial charge < -0.3 is 14.2 Å². The fourth-order valence-corrected chi connectivity index (χ4v) is 4.04. The third-order valence-electron chi connectivity index (χ3n) is 6.01. The van der Waals surface area contributed by atoms with Gasteiger partial charge in [-0.15, -0.1) is 0 Å². The standard InChI is InChI=1S/C29H40O3/c1-22(13-15-26-24(3)12-9-18-29(26,4)5)10-8-11-23(2)17-19-32-21-25-14-16-27(30-6)28(20-25)31-7/h8,10-11,13-17,20H,9,12,18-19,21H2,1-7H3. The fraction of sp³-hybridized carbons (Fsp3) is 0.448. The molecule has 0 N–H and O–H groups in total. The smallest absolute Gasteiger partial charge is 0.161 e. The van der Waals surface area contributed by atoms with Gasteiger partial charge >= 0.3 is 0 Å². The predicted molar refractivity (Wildman–Crippen MR) is 135 cm³/mol. The second-order valence-electron chi connectivity index (χ2n) is 9.19. The lowest BCUT2D eigenvalue weighted by atomic mass is 9.72. The molecule has 0 aliphatic heterocycles. The maximum Gasteiger partial charge on any atom is 0.161 e. The molecular weight excluding hydrogens is 396 g/mol. The summed E-state index contributed by atoms with van der Waals surface area (Å²) in [6, 6.07) is 5.84. The van der Waals surface area contributed by atoms with Gasteiger partial charge in [-0.05, 0) is 68.7 Å². The minimum atomic E-state index is 0.283. The first-order valence-electron chi connectivity index (χ1n) is 11.5. The van der Waals surface area contributed by atoms with Gasteiger partial charge in [0.05, 0.1) is 27.4 Å². The number of benzene rings is 1. The molecule has 2 rings (SSSR count). The molecule has 0 bridgehead atoms. The van der Waals surface area contributed by atoms with Gasteiger partial charge in [0.25, 0.3) is 0 Å². The van der Waals surface area contributed by atoms with E-state index >= 15 is 0 Å². The number of methoxy groups -OCH3 is 2. The van der Waals surface area contributed by atoms with Crippen molar-refractivity contribution in [2.75, 3.05) is 20.8 Å². The molecule has 0 spiro atoms. The minimum absolute atomic E-state index is 0.283. The van der Waals surface area contributed by atoms with Crippen LogP contribution in [-0.2, 0) is 11.3 Å². The Balaban J connectivity index is 1.84. The van der Waals surface area contributed by atoms with Crippen LogP contribution in [0.4, 0.5) is 0 Å². The summed E-state index contributed by atoms with van der Waals surface area (Å²) >= 11 is 0. The zero-order valence-corrected chi connectivity index (χ0v) is 21.0. The van der Waals surface area contributed by atoms with E-state index in [2.05, 4.69) is 71.1 Å². The van der Waals surface area contributed by atoms with Gasteiger partial charge in [-0.1, -0.05) is 73.1 Å². The van der Waals surface area contributed by atoms with Crippen molar-refractivity contribution in [3.63, 3.8) is 0 Å². The molecule has 0 heterocycles. The molecular formula is C29H40O3. The van der Waals surface area contributed by atoms with Gasteiger partial charge in [0.2, 0.25) is 0 Å². The zero-order chi connectivity index (χ0) is 23.6. The second-order valence-corrected chi connectivity index (χ2v) is 9.19. The van der Waals surface area contributed by atoms with Crippen molar-refractivity contribution in [3.8, 4) is 11.5 Å². The van der Waals surface area contributed by atoms with Crippen LogP contribution >= 0.6 is 0 Å². The number of hydrogen-bond acceptors (Lipinski definition) is 3. The monoisotopic (exact) mass is 436 g/mol. The van der Waals surface area contributed by atoms with E-state index in [-0.39, 0.29) is 5.41 Å². The number of ether oxygens (including phenoxy) is 3. The highest BCUT2D eigenvalue weighted by molar-refractivity contribution is 5.42. The van der Waals surface area contributed by atoms with Crippen molar-refractivity contribution in [3.05, 3.63) is 82.5 Å². The molecule has 174 valence electrons. The van der Waals surface area contributed by atoms with Crippen molar-refractivity contribution in [1.82, 2.24) is 0 Å². The quantitative estimate of drug-likeness (QED) is 0.277. The molecule has 1 aromatic rings. The summed E-state index contributed by atoms with van der Waals surface area (Å²) in [4.78, 5) is 0. The molecule has 0 radical (unpaired) electrons. The van der Waals surface area contributed by atoms with E-state index in [0.717, 1.165) is 17.1 Å². The van der Waals surface area contributed by atoms with Crippen LogP contribution in [0.2, 0.25) is 0 Å². The van der Waals surface area contributed by atoms with Crippen molar-refractivity contribution in [2.45, 2.75) is 60.5 Å². The summed E-state index contributed by atoms with van der Waals surface area (Å²) in [6.07, 6.45) is 16.8. The molecule has 1 aromatic carbocycles. The summed E-state index contributed by atoms with van der Waals surface area (Å²) in [5.41, 5.74) is 6.81. The minimum Gasteiger partial charge on any atom is -0.493 e. The fourth-order valence-electron chi connectivity index (χ4n) is 4.04. The third-order valence-corrected chi connectivity index (χ3v) is 6.01. The highest BCUT2D eigenvalue weighted by Crippen LogP contribution is 2.40. The molecule has 0 unspecified atom stereocenters. The van der Waals surface area contributed by atoms with Crippen molar-refractivity contribution in [2.24, 2.45) is 5.41 Å². The highest BCUT2D eigenvalue weighted by atomic mass is 16.5. The first-order valence-corrected chi connectivity index (χ1v) is 11.5. The van der Waals surface area contributed by atoms with Crippen molar-refractivity contribution >= 4 is 0 Å². The van der Waals surface area contributed by atoms with Crippen molar-refractivity contribution in [1.29, 1.82) is 0 Å². The largest absolute Gasteiger partial charge is 0.493 e. The van der Waals surface area contributed by atoms with Crippen LogP contribution in [0.3, 0.4) is 0 Å². The molecule has 1 aliphatic rings. The molecule has 0 amide bonds. The van der Waals surface area contributed by atoms with Gasteiger partial charge in [-0.3, -0.25) is 0 Å². The van der Waals surface area contributed by atoms with Crippen LogP contribution in [0, 0.1) is 5.41 Å². The van der Waals surface area contributed by atoms with Gasteiger partial charge in [0, 0.05) is 0 Å². The van der Waals surface area contributed by atoms with Crippen LogP contribution in [0.25, 0.3) is 0 Å². The molecule has 3 nitrogen and oxygen atoms in total. The maximum atomic E-state index is 5.79. The van der Waals surface area contributed by atoms with Crippen molar-refractivity contribution < 1.29 is 14.2 Å². The van der Waals surface area contributed by atoms with E-state index in [1.54, 1.807) is 14.2 Å². The summed E-state index contributed by atoms with van der Waals surface area (Å²) in [6.45, 7) is 12.3. The second kappa shape index (κ2) is 12.5. The Morgan fingerprint density at radius 3 is 2.47 bits per heavy atom. The molecule has 0 saturated carbocycles. The van der Waals surface area contributed by atoms with Gasteiger partial charge in [0.1, 0.15) is 0 Å². The van der Waals surface area contributed by atoms with Crippen LogP contribution in [0.15, 0.2) is 76.9 Å². The molecule has 1 aliphatic carbocycles. The average Bonchev–Trinajstić information content (AvgIpc) is 2.75.